The predicted octanol–water partition coefficient (Wildman–Crippen LogP) is 6.55. The minimum atomic E-state index is -3.68. The lowest BCUT2D eigenvalue weighted by atomic mass is 10.0. The number of halogens is 3. The van der Waals surface area contributed by atoms with Crippen LogP contribution in [0.3, 0.4) is 0 Å². The molecule has 0 aliphatic carbocycles. The van der Waals surface area contributed by atoms with Gasteiger partial charge in [0, 0.05) is 16.5 Å². The highest BCUT2D eigenvalue weighted by Gasteiger charge is 2.31. The average molecular weight is 523 g/mol. The van der Waals surface area contributed by atoms with Gasteiger partial charge in [0.25, 0.3) is 0 Å². The third kappa shape index (κ3) is 5.36. The van der Waals surface area contributed by atoms with Gasteiger partial charge >= 0.3 is 0 Å². The molecule has 0 saturated heterocycles. The maximum Gasteiger partial charge on any atom is 0.240 e. The highest BCUT2D eigenvalue weighted by molar-refractivity contribution is 7.89. The summed E-state index contributed by atoms with van der Waals surface area (Å²) in [6.45, 7) is 3.92. The second-order valence-corrected chi connectivity index (χ2v) is 11.0. The third-order valence-corrected chi connectivity index (χ3v) is 7.83. The van der Waals surface area contributed by atoms with Crippen LogP contribution in [0.2, 0.25) is 15.1 Å². The lowest BCUT2D eigenvalue weighted by molar-refractivity contribution is 0.586. The lowest BCUT2D eigenvalue weighted by Gasteiger charge is -2.25. The van der Waals surface area contributed by atoms with Crippen molar-refractivity contribution in [1.82, 2.24) is 4.72 Å². The third-order valence-electron chi connectivity index (χ3n) is 5.64. The van der Waals surface area contributed by atoms with Gasteiger partial charge in [0.1, 0.15) is 0 Å². The van der Waals surface area contributed by atoms with Crippen LogP contribution in [0.15, 0.2) is 70.7 Å². The van der Waals surface area contributed by atoms with E-state index in [0.29, 0.717) is 32.9 Å². The molecule has 9 heteroatoms. The number of aryl methyl sites for hydroxylation is 2. The first-order chi connectivity index (χ1) is 15.6. The Labute approximate surface area is 209 Å². The number of rotatable bonds is 6. The number of anilines is 1. The molecule has 0 spiro atoms. The smallest absolute Gasteiger partial charge is 0.240 e. The van der Waals surface area contributed by atoms with Gasteiger partial charge in [-0.15, -0.1) is 0 Å². The van der Waals surface area contributed by atoms with Crippen molar-refractivity contribution in [3.8, 4) is 0 Å². The fourth-order valence-electron chi connectivity index (χ4n) is 3.66. The molecule has 4 rings (SSSR count). The molecule has 172 valence electrons. The molecule has 0 bridgehead atoms. The predicted molar refractivity (Wildman–Crippen MR) is 136 cm³/mol. The summed E-state index contributed by atoms with van der Waals surface area (Å²) in [4.78, 5) is 0.232. The molecular weight excluding hydrogens is 501 g/mol. The first kappa shape index (κ1) is 24.0. The minimum Gasteiger partial charge on any atom is -0.256 e. The molecule has 1 aliphatic heterocycles. The zero-order chi connectivity index (χ0) is 23.8. The van der Waals surface area contributed by atoms with E-state index in [1.165, 1.54) is 0 Å². The molecule has 5 nitrogen and oxygen atoms in total. The van der Waals surface area contributed by atoms with Crippen LogP contribution in [0.25, 0.3) is 0 Å². The molecule has 1 aliphatic rings. The first-order valence-electron chi connectivity index (χ1n) is 10.3. The monoisotopic (exact) mass is 521 g/mol. The fourth-order valence-corrected chi connectivity index (χ4v) is 5.38. The second kappa shape index (κ2) is 9.65. The van der Waals surface area contributed by atoms with E-state index in [2.05, 4.69) is 4.72 Å². The Morgan fingerprint density at radius 1 is 0.939 bits per heavy atom. The standard InChI is InChI=1S/C24H22Cl3N3O2S/c1-15-3-9-21(11-16(15)2)33(31,32)28-14-20-13-24(17-4-6-18(25)7-5-17)30(29-20)23-10-8-19(26)12-22(23)27/h3-12,24,28H,13-14H2,1-2H3. The van der Waals surface area contributed by atoms with Crippen molar-refractivity contribution in [3.63, 3.8) is 0 Å². The van der Waals surface area contributed by atoms with Crippen molar-refractivity contribution < 1.29 is 8.42 Å². The van der Waals surface area contributed by atoms with E-state index in [1.807, 2.05) is 43.1 Å². The van der Waals surface area contributed by atoms with Crippen LogP contribution >= 0.6 is 34.8 Å². The minimum absolute atomic E-state index is 0.0844. The van der Waals surface area contributed by atoms with E-state index >= 15 is 0 Å². The van der Waals surface area contributed by atoms with Crippen LogP contribution in [-0.4, -0.2) is 20.7 Å². The zero-order valence-corrected chi connectivity index (χ0v) is 21.1. The molecule has 0 aromatic heterocycles. The van der Waals surface area contributed by atoms with E-state index in [1.54, 1.807) is 36.4 Å². The zero-order valence-electron chi connectivity index (χ0n) is 18.0. The summed E-state index contributed by atoms with van der Waals surface area (Å²) in [5, 5.41) is 8.15. The molecule has 3 aromatic rings. The van der Waals surface area contributed by atoms with Crippen molar-refractivity contribution in [3.05, 3.63) is 92.4 Å². The molecule has 1 heterocycles. The number of hydrogen-bond donors (Lipinski definition) is 1. The van der Waals surface area contributed by atoms with Gasteiger partial charge in [0.05, 0.1) is 33.9 Å². The summed E-state index contributed by atoms with van der Waals surface area (Å²) < 4.78 is 28.4. The van der Waals surface area contributed by atoms with Gasteiger partial charge in [-0.05, 0) is 73.0 Å². The fraction of sp³-hybridized carbons (Fsp3) is 0.208. The molecule has 0 fully saturated rings. The largest absolute Gasteiger partial charge is 0.256 e. The van der Waals surface area contributed by atoms with Gasteiger partial charge in [0.15, 0.2) is 0 Å². The Bertz CT molecular complexity index is 1330. The molecule has 0 saturated carbocycles. The van der Waals surface area contributed by atoms with Crippen LogP contribution in [0.1, 0.15) is 29.2 Å². The average Bonchev–Trinajstić information content (AvgIpc) is 3.19. The van der Waals surface area contributed by atoms with Crippen LogP contribution in [-0.2, 0) is 10.0 Å². The van der Waals surface area contributed by atoms with Crippen molar-refractivity contribution in [2.75, 3.05) is 11.6 Å². The van der Waals surface area contributed by atoms with Crippen molar-refractivity contribution >= 4 is 56.2 Å². The van der Waals surface area contributed by atoms with E-state index < -0.39 is 10.0 Å². The second-order valence-electron chi connectivity index (χ2n) is 7.95. The molecule has 1 N–H and O–H groups in total. The van der Waals surface area contributed by atoms with Gasteiger partial charge in [-0.2, -0.15) is 5.10 Å². The highest BCUT2D eigenvalue weighted by Crippen LogP contribution is 2.39. The Balaban J connectivity index is 1.61. The lowest BCUT2D eigenvalue weighted by Crippen LogP contribution is -2.29. The number of nitrogens with zero attached hydrogens (tertiary/aromatic N) is 2. The van der Waals surface area contributed by atoms with E-state index in [4.69, 9.17) is 39.9 Å². The summed E-state index contributed by atoms with van der Waals surface area (Å²) in [7, 11) is -3.68. The Morgan fingerprint density at radius 2 is 1.64 bits per heavy atom. The number of benzene rings is 3. The Morgan fingerprint density at radius 3 is 2.30 bits per heavy atom. The molecule has 1 unspecified atom stereocenters. The Kier molecular flexibility index (Phi) is 7.03. The maximum absolute atomic E-state index is 12.9. The van der Waals surface area contributed by atoms with Crippen LogP contribution in [0, 0.1) is 13.8 Å². The van der Waals surface area contributed by atoms with Crippen molar-refractivity contribution in [2.45, 2.75) is 31.2 Å². The molecule has 33 heavy (non-hydrogen) atoms. The summed E-state index contributed by atoms with van der Waals surface area (Å²) in [6, 6.07) is 17.6. The molecular formula is C24H22Cl3N3O2S. The number of sulfonamides is 1. The summed E-state index contributed by atoms with van der Waals surface area (Å²) >= 11 is 18.6. The Hall–Kier alpha value is -2.09. The van der Waals surface area contributed by atoms with Crippen molar-refractivity contribution in [2.24, 2.45) is 5.10 Å². The maximum atomic E-state index is 12.9. The number of hydrogen-bond acceptors (Lipinski definition) is 4. The van der Waals surface area contributed by atoms with Gasteiger partial charge in [-0.1, -0.05) is 53.0 Å². The number of nitrogens with one attached hydrogen (secondary N) is 1. The van der Waals surface area contributed by atoms with E-state index in [0.717, 1.165) is 16.7 Å². The van der Waals surface area contributed by atoms with Gasteiger partial charge in [0.2, 0.25) is 10.0 Å². The van der Waals surface area contributed by atoms with E-state index in [-0.39, 0.29) is 17.5 Å². The first-order valence-corrected chi connectivity index (χ1v) is 12.9. The van der Waals surface area contributed by atoms with E-state index in [9.17, 15) is 8.42 Å². The summed E-state index contributed by atoms with van der Waals surface area (Å²) in [5.74, 6) is 0. The number of hydrazone groups is 1. The molecule has 3 aromatic carbocycles. The van der Waals surface area contributed by atoms with Crippen LogP contribution < -0.4 is 9.73 Å². The van der Waals surface area contributed by atoms with Gasteiger partial charge in [-0.25, -0.2) is 13.1 Å². The quantitative estimate of drug-likeness (QED) is 0.399. The molecule has 0 radical (unpaired) electrons. The molecule has 0 amide bonds. The van der Waals surface area contributed by atoms with Gasteiger partial charge in [-0.3, -0.25) is 5.01 Å². The van der Waals surface area contributed by atoms with Crippen LogP contribution in [0.4, 0.5) is 5.69 Å². The SMILES string of the molecule is Cc1ccc(S(=O)(=O)NCC2=NN(c3ccc(Cl)cc3Cl)C(c3ccc(Cl)cc3)C2)cc1C. The topological polar surface area (TPSA) is 61.8 Å². The normalized spacial score (nSPS) is 16.2. The molecule has 1 atom stereocenters. The summed E-state index contributed by atoms with van der Waals surface area (Å²) in [6.07, 6.45) is 0.524. The van der Waals surface area contributed by atoms with Gasteiger partial charge < -0.3 is 0 Å². The van der Waals surface area contributed by atoms with Crippen molar-refractivity contribution in [1.29, 1.82) is 0 Å². The van der Waals surface area contributed by atoms with Crippen LogP contribution in [0.5, 0.6) is 0 Å². The highest BCUT2D eigenvalue weighted by atomic mass is 35.5. The summed E-state index contributed by atoms with van der Waals surface area (Å²) in [5.41, 5.74) is 4.32.